The van der Waals surface area contributed by atoms with Gasteiger partial charge in [-0.25, -0.2) is 18.2 Å². The second-order valence-corrected chi connectivity index (χ2v) is 7.00. The molecule has 1 aromatic heterocycles. The zero-order valence-corrected chi connectivity index (χ0v) is 14.4. The lowest BCUT2D eigenvalue weighted by atomic mass is 10.1. The predicted molar refractivity (Wildman–Crippen MR) is 90.9 cm³/mol. The first-order valence-electron chi connectivity index (χ1n) is 7.95. The lowest BCUT2D eigenvalue weighted by Gasteiger charge is -2.10. The molecule has 2 N–H and O–H groups in total. The maximum absolute atomic E-state index is 13.1. The summed E-state index contributed by atoms with van der Waals surface area (Å²) in [6.45, 7) is 2.40. The lowest BCUT2D eigenvalue weighted by Crippen LogP contribution is -2.37. The highest BCUT2D eigenvalue weighted by Gasteiger charge is 2.24. The van der Waals surface area contributed by atoms with Crippen LogP contribution in [0.4, 0.5) is 13.2 Å². The molecule has 1 amide bonds. The van der Waals surface area contributed by atoms with Crippen molar-refractivity contribution >= 4 is 17.2 Å². The fraction of sp³-hybridized carbons (Fsp3) is 0.412. The topological polar surface area (TPSA) is 54.0 Å². The number of halogens is 3. The molecule has 1 aliphatic heterocycles. The Hall–Kier alpha value is -1.93. The summed E-state index contributed by atoms with van der Waals surface area (Å²) < 4.78 is 38.4. The molecular formula is C17H18F3N3OS. The molecule has 2 heterocycles. The third kappa shape index (κ3) is 4.19. The van der Waals surface area contributed by atoms with Crippen LogP contribution >= 0.6 is 11.3 Å². The molecule has 1 aliphatic rings. The highest BCUT2D eigenvalue weighted by Crippen LogP contribution is 2.29. The number of hydrogen-bond donors (Lipinski definition) is 2. The monoisotopic (exact) mass is 369 g/mol. The highest BCUT2D eigenvalue weighted by atomic mass is 32.1. The second kappa shape index (κ2) is 7.53. The van der Waals surface area contributed by atoms with Gasteiger partial charge in [0.15, 0.2) is 0 Å². The number of aromatic nitrogens is 1. The Bertz CT molecular complexity index is 748. The summed E-state index contributed by atoms with van der Waals surface area (Å²) >= 11 is 1.21. The number of amides is 1. The smallest absolute Gasteiger partial charge is 0.263 e. The molecular weight excluding hydrogens is 351 g/mol. The molecule has 0 saturated carbocycles. The number of nitrogens with one attached hydrogen (secondary N) is 2. The Morgan fingerprint density at radius 2 is 2.12 bits per heavy atom. The van der Waals surface area contributed by atoms with Crippen LogP contribution in [0, 0.1) is 6.92 Å². The second-order valence-electron chi connectivity index (χ2n) is 6.00. The molecule has 25 heavy (non-hydrogen) atoms. The summed E-state index contributed by atoms with van der Waals surface area (Å²) in [5.74, 6) is -0.255. The van der Waals surface area contributed by atoms with Crippen molar-refractivity contribution in [3.63, 3.8) is 0 Å². The van der Waals surface area contributed by atoms with Gasteiger partial charge in [-0.05, 0) is 13.3 Å². The lowest BCUT2D eigenvalue weighted by molar-refractivity contribution is 0.0953. The summed E-state index contributed by atoms with van der Waals surface area (Å²) in [5, 5.41) is 6.41. The van der Waals surface area contributed by atoms with Crippen molar-refractivity contribution in [1.82, 2.24) is 15.6 Å². The minimum absolute atomic E-state index is 0.0507. The quantitative estimate of drug-likeness (QED) is 0.848. The van der Waals surface area contributed by atoms with Gasteiger partial charge in [0.1, 0.15) is 16.1 Å². The zero-order chi connectivity index (χ0) is 18.0. The third-order valence-electron chi connectivity index (χ3n) is 4.09. The van der Waals surface area contributed by atoms with Crippen molar-refractivity contribution < 1.29 is 18.0 Å². The van der Waals surface area contributed by atoms with Crippen LogP contribution in [0.2, 0.25) is 0 Å². The maximum Gasteiger partial charge on any atom is 0.263 e. The molecule has 4 nitrogen and oxygen atoms in total. The van der Waals surface area contributed by atoms with Gasteiger partial charge in [-0.3, -0.25) is 4.79 Å². The first kappa shape index (κ1) is 17.9. The van der Waals surface area contributed by atoms with Gasteiger partial charge in [0, 0.05) is 30.3 Å². The molecule has 3 rings (SSSR count). The predicted octanol–water partition coefficient (Wildman–Crippen LogP) is 3.49. The average molecular weight is 369 g/mol. The number of thiazole rings is 1. The van der Waals surface area contributed by atoms with E-state index in [1.54, 1.807) is 19.1 Å². The number of benzene rings is 1. The summed E-state index contributed by atoms with van der Waals surface area (Å²) in [5.41, 5.74) is 1.22. The largest absolute Gasteiger partial charge is 0.350 e. The molecule has 2 atom stereocenters. The van der Waals surface area contributed by atoms with Crippen LogP contribution in [-0.4, -0.2) is 36.2 Å². The summed E-state index contributed by atoms with van der Waals surface area (Å²) in [6.07, 6.45) is -2.99. The van der Waals surface area contributed by atoms with E-state index in [1.807, 2.05) is 0 Å². The first-order chi connectivity index (χ1) is 11.9. The van der Waals surface area contributed by atoms with Crippen LogP contribution in [-0.2, 0) is 0 Å². The van der Waals surface area contributed by atoms with Crippen LogP contribution in [0.1, 0.15) is 33.8 Å². The minimum Gasteiger partial charge on any atom is -0.350 e. The molecule has 0 radical (unpaired) electrons. The van der Waals surface area contributed by atoms with E-state index < -0.39 is 12.6 Å². The van der Waals surface area contributed by atoms with Gasteiger partial charge in [-0.1, -0.05) is 24.3 Å². The number of aryl methyl sites for hydroxylation is 1. The van der Waals surface area contributed by atoms with Gasteiger partial charge >= 0.3 is 0 Å². The number of carbonyl (C=O) groups excluding carboxylic acids is 1. The third-order valence-corrected chi connectivity index (χ3v) is 5.30. The molecule has 1 fully saturated rings. The van der Waals surface area contributed by atoms with Gasteiger partial charge in [-0.2, -0.15) is 0 Å². The van der Waals surface area contributed by atoms with Crippen molar-refractivity contribution in [2.24, 2.45) is 0 Å². The van der Waals surface area contributed by atoms with Crippen LogP contribution in [0.5, 0.6) is 0 Å². The highest BCUT2D eigenvalue weighted by molar-refractivity contribution is 7.17. The van der Waals surface area contributed by atoms with Gasteiger partial charge in [0.05, 0.1) is 5.69 Å². The van der Waals surface area contributed by atoms with Crippen molar-refractivity contribution in [3.8, 4) is 10.6 Å². The summed E-state index contributed by atoms with van der Waals surface area (Å²) in [7, 11) is 0. The van der Waals surface area contributed by atoms with E-state index >= 15 is 0 Å². The summed E-state index contributed by atoms with van der Waals surface area (Å²) in [4.78, 5) is 17.2. The minimum atomic E-state index is -2.51. The molecule has 0 unspecified atom stereocenters. The molecule has 2 aromatic rings. The van der Waals surface area contributed by atoms with Gasteiger partial charge in [0.2, 0.25) is 0 Å². The van der Waals surface area contributed by atoms with E-state index in [9.17, 15) is 18.0 Å². The first-order valence-corrected chi connectivity index (χ1v) is 8.77. The standard InChI is InChI=1S/C17H18F3N3OS/c1-9-14(16(24)22-8-13-6-12(18)7-21-13)25-17(23-9)11-4-2-10(3-5-11)15(19)20/h2-5,12-13,15,21H,6-8H2,1H3,(H,22,24)/t12-,13-/m0/s1. The van der Waals surface area contributed by atoms with Crippen molar-refractivity contribution in [1.29, 1.82) is 0 Å². The molecule has 0 spiro atoms. The molecule has 0 bridgehead atoms. The number of hydrogen-bond acceptors (Lipinski definition) is 4. The molecule has 134 valence electrons. The van der Waals surface area contributed by atoms with Crippen LogP contribution < -0.4 is 10.6 Å². The van der Waals surface area contributed by atoms with Crippen LogP contribution in [0.15, 0.2) is 24.3 Å². The molecule has 1 saturated heterocycles. The number of nitrogens with zero attached hydrogens (tertiary/aromatic N) is 1. The maximum atomic E-state index is 13.1. The van der Waals surface area contributed by atoms with Crippen molar-refractivity contribution in [2.75, 3.05) is 13.1 Å². The van der Waals surface area contributed by atoms with Crippen molar-refractivity contribution in [3.05, 3.63) is 40.4 Å². The number of rotatable bonds is 5. The fourth-order valence-electron chi connectivity index (χ4n) is 2.72. The number of carbonyl (C=O) groups is 1. The molecule has 8 heteroatoms. The van der Waals surface area contributed by atoms with Gasteiger partial charge in [0.25, 0.3) is 12.3 Å². The van der Waals surface area contributed by atoms with E-state index in [1.165, 1.54) is 23.5 Å². The van der Waals surface area contributed by atoms with Crippen LogP contribution in [0.3, 0.4) is 0 Å². The van der Waals surface area contributed by atoms with E-state index in [-0.39, 0.29) is 17.5 Å². The van der Waals surface area contributed by atoms with E-state index in [4.69, 9.17) is 0 Å². The van der Waals surface area contributed by atoms with Gasteiger partial charge in [-0.15, -0.1) is 11.3 Å². The van der Waals surface area contributed by atoms with E-state index in [0.717, 1.165) is 0 Å². The average Bonchev–Trinajstić information content (AvgIpc) is 3.18. The Balaban J connectivity index is 1.68. The molecule has 0 aliphatic carbocycles. The fourth-order valence-corrected chi connectivity index (χ4v) is 3.71. The molecule has 1 aromatic carbocycles. The Morgan fingerprint density at radius 1 is 1.40 bits per heavy atom. The Labute approximate surface area is 147 Å². The summed E-state index contributed by atoms with van der Waals surface area (Å²) in [6, 6.07) is 5.80. The Morgan fingerprint density at radius 3 is 2.72 bits per heavy atom. The van der Waals surface area contributed by atoms with Crippen LogP contribution in [0.25, 0.3) is 10.6 Å². The van der Waals surface area contributed by atoms with Crippen molar-refractivity contribution in [2.45, 2.75) is 32.0 Å². The van der Waals surface area contributed by atoms with E-state index in [0.29, 0.717) is 40.7 Å². The van der Waals surface area contributed by atoms with E-state index in [2.05, 4.69) is 15.6 Å². The number of alkyl halides is 3. The normalized spacial score (nSPS) is 20.2. The zero-order valence-electron chi connectivity index (χ0n) is 13.6. The SMILES string of the molecule is Cc1nc(-c2ccc(C(F)F)cc2)sc1C(=O)NC[C@@H]1C[C@H](F)CN1. The Kier molecular flexibility index (Phi) is 5.39. The van der Waals surface area contributed by atoms with Gasteiger partial charge < -0.3 is 10.6 Å².